The van der Waals surface area contributed by atoms with Gasteiger partial charge < -0.3 is 15.2 Å². The van der Waals surface area contributed by atoms with Gasteiger partial charge in [-0.2, -0.15) is 0 Å². The minimum atomic E-state index is -0.636. The van der Waals surface area contributed by atoms with Crippen molar-refractivity contribution in [1.29, 1.82) is 0 Å². The first-order valence-electron chi connectivity index (χ1n) is 5.17. The molecule has 0 aliphatic heterocycles. The summed E-state index contributed by atoms with van der Waals surface area (Å²) < 4.78 is 11.0. The summed E-state index contributed by atoms with van der Waals surface area (Å²) >= 11 is 4.93. The Morgan fingerprint density at radius 3 is 2.19 bits per heavy atom. The Morgan fingerprint density at radius 2 is 1.75 bits per heavy atom. The smallest absolute Gasteiger partial charge is 0.153 e. The SMILES string of the molecule is CCOc1ccc(OC(C)(C)C(N)=S)cc1. The number of thiocarbonyl (C=S) groups is 1. The molecule has 0 spiro atoms. The molecule has 0 radical (unpaired) electrons. The van der Waals surface area contributed by atoms with E-state index in [2.05, 4.69) is 0 Å². The van der Waals surface area contributed by atoms with E-state index in [1.165, 1.54) is 0 Å². The summed E-state index contributed by atoms with van der Waals surface area (Å²) in [4.78, 5) is 0.335. The van der Waals surface area contributed by atoms with Crippen LogP contribution in [-0.2, 0) is 0 Å². The zero-order valence-electron chi connectivity index (χ0n) is 9.82. The van der Waals surface area contributed by atoms with Crippen LogP contribution in [0.2, 0.25) is 0 Å². The molecule has 2 N–H and O–H groups in total. The van der Waals surface area contributed by atoms with Gasteiger partial charge in [0.1, 0.15) is 16.5 Å². The molecule has 3 nitrogen and oxygen atoms in total. The van der Waals surface area contributed by atoms with Gasteiger partial charge in [0.25, 0.3) is 0 Å². The van der Waals surface area contributed by atoms with Gasteiger partial charge in [0.05, 0.1) is 6.61 Å². The molecule has 0 aliphatic rings. The van der Waals surface area contributed by atoms with Crippen molar-refractivity contribution in [2.45, 2.75) is 26.4 Å². The van der Waals surface area contributed by atoms with E-state index < -0.39 is 5.60 Å². The fourth-order valence-electron chi connectivity index (χ4n) is 1.12. The highest BCUT2D eigenvalue weighted by Gasteiger charge is 2.23. The lowest BCUT2D eigenvalue weighted by atomic mass is 10.1. The summed E-state index contributed by atoms with van der Waals surface area (Å²) in [6.07, 6.45) is 0. The number of hydrogen-bond acceptors (Lipinski definition) is 3. The van der Waals surface area contributed by atoms with Crippen LogP contribution in [0.3, 0.4) is 0 Å². The predicted molar refractivity (Wildman–Crippen MR) is 69.1 cm³/mol. The second kappa shape index (κ2) is 5.16. The molecular weight excluding hydrogens is 222 g/mol. The van der Waals surface area contributed by atoms with Gasteiger partial charge in [-0.3, -0.25) is 0 Å². The van der Waals surface area contributed by atoms with Gasteiger partial charge in [-0.1, -0.05) is 12.2 Å². The minimum absolute atomic E-state index is 0.335. The van der Waals surface area contributed by atoms with E-state index in [1.54, 1.807) is 0 Å². The van der Waals surface area contributed by atoms with Crippen molar-refractivity contribution in [2.75, 3.05) is 6.61 Å². The van der Waals surface area contributed by atoms with E-state index in [4.69, 9.17) is 27.4 Å². The van der Waals surface area contributed by atoms with Crippen molar-refractivity contribution in [2.24, 2.45) is 5.73 Å². The van der Waals surface area contributed by atoms with Crippen molar-refractivity contribution in [3.63, 3.8) is 0 Å². The number of benzene rings is 1. The molecule has 0 bridgehead atoms. The third kappa shape index (κ3) is 3.38. The van der Waals surface area contributed by atoms with Gasteiger partial charge in [-0.25, -0.2) is 0 Å². The van der Waals surface area contributed by atoms with E-state index in [0.717, 1.165) is 11.5 Å². The zero-order valence-corrected chi connectivity index (χ0v) is 10.6. The first-order chi connectivity index (χ1) is 7.45. The van der Waals surface area contributed by atoms with Crippen LogP contribution in [0.15, 0.2) is 24.3 Å². The Bertz CT molecular complexity index is 360. The van der Waals surface area contributed by atoms with E-state index in [-0.39, 0.29) is 0 Å². The van der Waals surface area contributed by atoms with Crippen molar-refractivity contribution >= 4 is 17.2 Å². The molecule has 0 atom stereocenters. The van der Waals surface area contributed by atoms with E-state index in [9.17, 15) is 0 Å². The Labute approximate surface area is 102 Å². The molecule has 0 amide bonds. The second-order valence-electron chi connectivity index (χ2n) is 3.88. The van der Waals surface area contributed by atoms with Crippen LogP contribution in [0.5, 0.6) is 11.5 Å². The van der Waals surface area contributed by atoms with Crippen LogP contribution in [-0.4, -0.2) is 17.2 Å². The molecule has 0 aromatic heterocycles. The average molecular weight is 239 g/mol. The quantitative estimate of drug-likeness (QED) is 0.802. The molecule has 1 aromatic rings. The minimum Gasteiger partial charge on any atom is -0.494 e. The average Bonchev–Trinajstić information content (AvgIpc) is 2.21. The first kappa shape index (κ1) is 12.8. The topological polar surface area (TPSA) is 44.5 Å². The van der Waals surface area contributed by atoms with Crippen LogP contribution < -0.4 is 15.2 Å². The van der Waals surface area contributed by atoms with Crippen molar-refractivity contribution < 1.29 is 9.47 Å². The van der Waals surface area contributed by atoms with Crippen LogP contribution in [0.4, 0.5) is 0 Å². The normalized spacial score (nSPS) is 10.9. The molecule has 16 heavy (non-hydrogen) atoms. The van der Waals surface area contributed by atoms with Crippen molar-refractivity contribution in [1.82, 2.24) is 0 Å². The van der Waals surface area contributed by atoms with Crippen molar-refractivity contribution in [3.8, 4) is 11.5 Å². The van der Waals surface area contributed by atoms with E-state index in [1.807, 2.05) is 45.0 Å². The summed E-state index contributed by atoms with van der Waals surface area (Å²) in [7, 11) is 0. The fraction of sp³-hybridized carbons (Fsp3) is 0.417. The van der Waals surface area contributed by atoms with E-state index in [0.29, 0.717) is 11.6 Å². The van der Waals surface area contributed by atoms with Gasteiger partial charge >= 0.3 is 0 Å². The predicted octanol–water partition coefficient (Wildman–Crippen LogP) is 2.53. The molecule has 0 saturated carbocycles. The lowest BCUT2D eigenvalue weighted by Gasteiger charge is -2.25. The highest BCUT2D eigenvalue weighted by atomic mass is 32.1. The molecule has 0 saturated heterocycles. The maximum Gasteiger partial charge on any atom is 0.153 e. The summed E-state index contributed by atoms with van der Waals surface area (Å²) in [5, 5.41) is 0. The monoisotopic (exact) mass is 239 g/mol. The molecular formula is C12H17NO2S. The molecule has 0 aliphatic carbocycles. The maximum atomic E-state index is 5.67. The number of nitrogens with two attached hydrogens (primary N) is 1. The molecule has 1 aromatic carbocycles. The summed E-state index contributed by atoms with van der Waals surface area (Å²) in [5.41, 5.74) is 4.94. The Kier molecular flexibility index (Phi) is 4.12. The molecule has 4 heteroatoms. The van der Waals surface area contributed by atoms with Gasteiger partial charge in [0.2, 0.25) is 0 Å². The Morgan fingerprint density at radius 1 is 1.25 bits per heavy atom. The summed E-state index contributed by atoms with van der Waals surface area (Å²) in [6.45, 7) is 6.27. The summed E-state index contributed by atoms with van der Waals surface area (Å²) in [6, 6.07) is 7.39. The number of ether oxygens (including phenoxy) is 2. The van der Waals surface area contributed by atoms with Crippen LogP contribution in [0.1, 0.15) is 20.8 Å². The summed E-state index contributed by atoms with van der Waals surface area (Å²) in [5.74, 6) is 1.55. The highest BCUT2D eigenvalue weighted by Crippen LogP contribution is 2.22. The largest absolute Gasteiger partial charge is 0.494 e. The molecule has 1 rings (SSSR count). The zero-order chi connectivity index (χ0) is 12.2. The number of hydrogen-bond donors (Lipinski definition) is 1. The van der Waals surface area contributed by atoms with Gasteiger partial charge in [0, 0.05) is 0 Å². The van der Waals surface area contributed by atoms with Gasteiger partial charge in [-0.15, -0.1) is 0 Å². The van der Waals surface area contributed by atoms with Crippen LogP contribution >= 0.6 is 12.2 Å². The third-order valence-electron chi connectivity index (χ3n) is 2.10. The fourth-order valence-corrected chi connectivity index (χ4v) is 1.16. The van der Waals surface area contributed by atoms with Crippen LogP contribution in [0.25, 0.3) is 0 Å². The highest BCUT2D eigenvalue weighted by molar-refractivity contribution is 7.80. The third-order valence-corrected chi connectivity index (χ3v) is 2.59. The number of rotatable bonds is 5. The van der Waals surface area contributed by atoms with Crippen molar-refractivity contribution in [3.05, 3.63) is 24.3 Å². The lowest BCUT2D eigenvalue weighted by molar-refractivity contribution is 0.183. The molecule has 0 fully saturated rings. The van der Waals surface area contributed by atoms with Crippen LogP contribution in [0, 0.1) is 0 Å². The maximum absolute atomic E-state index is 5.67. The Balaban J connectivity index is 2.72. The molecule has 0 heterocycles. The Hall–Kier alpha value is -1.29. The van der Waals surface area contributed by atoms with Gasteiger partial charge in [0.15, 0.2) is 5.60 Å². The standard InChI is InChI=1S/C12H17NO2S/c1-4-14-9-5-7-10(8-6-9)15-12(2,3)11(13)16/h5-8H,4H2,1-3H3,(H2,13,16). The van der Waals surface area contributed by atoms with E-state index >= 15 is 0 Å². The molecule has 0 unspecified atom stereocenters. The molecule has 88 valence electrons. The van der Waals surface area contributed by atoms with Gasteiger partial charge in [-0.05, 0) is 45.0 Å². The first-order valence-corrected chi connectivity index (χ1v) is 5.58. The second-order valence-corrected chi connectivity index (χ2v) is 4.32. The lowest BCUT2D eigenvalue weighted by Crippen LogP contribution is -2.41.